The average molecular weight is 463 g/mol. The van der Waals surface area contributed by atoms with Gasteiger partial charge in [0.1, 0.15) is 5.03 Å². The van der Waals surface area contributed by atoms with E-state index in [4.69, 9.17) is 0 Å². The lowest BCUT2D eigenvalue weighted by atomic mass is 10.2. The first-order chi connectivity index (χ1) is 12.8. The summed E-state index contributed by atoms with van der Waals surface area (Å²) >= 11 is 4.79. The van der Waals surface area contributed by atoms with E-state index in [9.17, 15) is 13.2 Å². The Balaban J connectivity index is 1.80. The van der Waals surface area contributed by atoms with Gasteiger partial charge in [0.25, 0.3) is 5.91 Å². The predicted octanol–water partition coefficient (Wildman–Crippen LogP) is 4.65. The van der Waals surface area contributed by atoms with Gasteiger partial charge in [-0.15, -0.1) is 0 Å². The number of anilines is 1. The van der Waals surface area contributed by atoms with Crippen LogP contribution in [0.3, 0.4) is 0 Å². The molecule has 0 fully saturated rings. The summed E-state index contributed by atoms with van der Waals surface area (Å²) in [5, 5.41) is 3.37. The maximum absolute atomic E-state index is 12.7. The molecule has 1 heterocycles. The summed E-state index contributed by atoms with van der Waals surface area (Å²) in [6.07, 6.45) is 2.78. The molecular weight excluding hydrogens is 448 g/mol. The van der Waals surface area contributed by atoms with E-state index in [0.717, 1.165) is 15.6 Å². The number of carbonyl (C=O) groups is 1. The Bertz CT molecular complexity index is 1070. The molecule has 1 N–H and O–H groups in total. The van der Waals surface area contributed by atoms with Crippen LogP contribution in [0.2, 0.25) is 0 Å². The van der Waals surface area contributed by atoms with Crippen LogP contribution in [0.4, 0.5) is 5.69 Å². The fourth-order valence-electron chi connectivity index (χ4n) is 2.24. The van der Waals surface area contributed by atoms with Crippen LogP contribution < -0.4 is 5.32 Å². The minimum absolute atomic E-state index is 0.202. The van der Waals surface area contributed by atoms with Crippen LogP contribution in [0.1, 0.15) is 10.4 Å². The van der Waals surface area contributed by atoms with Crippen molar-refractivity contribution in [2.45, 2.75) is 14.8 Å². The second-order valence-electron chi connectivity index (χ2n) is 5.66. The second-order valence-corrected chi connectivity index (χ2v) is 9.66. The molecular formula is C19H15BrN2O3S2. The first-order valence-corrected chi connectivity index (χ1v) is 11.3. The summed E-state index contributed by atoms with van der Waals surface area (Å²) < 4.78 is 24.0. The maximum Gasteiger partial charge on any atom is 0.258 e. The Hall–Kier alpha value is -2.16. The number of hydrogen-bond acceptors (Lipinski definition) is 5. The molecule has 0 atom stereocenters. The summed E-state index contributed by atoms with van der Waals surface area (Å²) in [6.45, 7) is 0. The van der Waals surface area contributed by atoms with E-state index in [1.807, 2.05) is 24.3 Å². The van der Waals surface area contributed by atoms with E-state index < -0.39 is 9.84 Å². The van der Waals surface area contributed by atoms with Crippen LogP contribution in [0.25, 0.3) is 0 Å². The smallest absolute Gasteiger partial charge is 0.258 e. The molecule has 5 nitrogen and oxygen atoms in total. The summed E-state index contributed by atoms with van der Waals surface area (Å²) in [5.41, 5.74) is 0.952. The van der Waals surface area contributed by atoms with Gasteiger partial charge >= 0.3 is 0 Å². The van der Waals surface area contributed by atoms with Crippen LogP contribution in [0.5, 0.6) is 0 Å². The molecule has 1 amide bonds. The van der Waals surface area contributed by atoms with Crippen molar-refractivity contribution in [3.8, 4) is 0 Å². The van der Waals surface area contributed by atoms with Crippen molar-refractivity contribution in [1.29, 1.82) is 0 Å². The number of rotatable bonds is 5. The third-order valence-electron chi connectivity index (χ3n) is 3.58. The molecule has 3 rings (SSSR count). The van der Waals surface area contributed by atoms with Crippen LogP contribution in [0, 0.1) is 0 Å². The van der Waals surface area contributed by atoms with E-state index in [2.05, 4.69) is 26.2 Å². The van der Waals surface area contributed by atoms with E-state index in [1.165, 1.54) is 23.9 Å². The molecule has 0 bridgehead atoms. The molecule has 0 unspecified atom stereocenters. The molecule has 27 heavy (non-hydrogen) atoms. The van der Waals surface area contributed by atoms with E-state index in [0.29, 0.717) is 16.3 Å². The van der Waals surface area contributed by atoms with Crippen LogP contribution in [-0.2, 0) is 9.84 Å². The van der Waals surface area contributed by atoms with Crippen molar-refractivity contribution in [2.24, 2.45) is 0 Å². The fourth-order valence-corrected chi connectivity index (χ4v) is 4.02. The molecule has 138 valence electrons. The number of aromatic nitrogens is 1. The van der Waals surface area contributed by atoms with Gasteiger partial charge in [-0.1, -0.05) is 27.7 Å². The van der Waals surface area contributed by atoms with E-state index in [-0.39, 0.29) is 10.8 Å². The van der Waals surface area contributed by atoms with Crippen molar-refractivity contribution < 1.29 is 13.2 Å². The van der Waals surface area contributed by atoms with Gasteiger partial charge in [0.05, 0.1) is 10.5 Å². The Labute approximate surface area is 170 Å². The number of nitrogens with one attached hydrogen (secondary N) is 1. The highest BCUT2D eigenvalue weighted by Crippen LogP contribution is 2.30. The Morgan fingerprint density at radius 3 is 2.33 bits per heavy atom. The lowest BCUT2D eigenvalue weighted by Gasteiger charge is -2.09. The lowest BCUT2D eigenvalue weighted by Crippen LogP contribution is -2.13. The summed E-state index contributed by atoms with van der Waals surface area (Å²) in [4.78, 5) is 18.2. The standard InChI is InChI=1S/C19H15BrN2O3S2/c1-27(24,25)16-10-6-14(7-11-16)22-18(23)17-3-2-12-21-19(17)26-15-8-4-13(20)5-9-15/h2-12H,1H3,(H,22,23). The lowest BCUT2D eigenvalue weighted by molar-refractivity contribution is 0.102. The number of carbonyl (C=O) groups excluding carboxylic acids is 1. The zero-order valence-electron chi connectivity index (χ0n) is 14.2. The number of sulfone groups is 1. The van der Waals surface area contributed by atoms with Gasteiger partial charge in [-0.05, 0) is 60.7 Å². The SMILES string of the molecule is CS(=O)(=O)c1ccc(NC(=O)c2cccnc2Sc2ccc(Br)cc2)cc1. The third-order valence-corrected chi connectivity index (χ3v) is 6.27. The fraction of sp³-hybridized carbons (Fsp3) is 0.0526. The summed E-state index contributed by atoms with van der Waals surface area (Å²) in [7, 11) is -3.27. The highest BCUT2D eigenvalue weighted by Gasteiger charge is 2.14. The van der Waals surface area contributed by atoms with Gasteiger partial charge in [-0.2, -0.15) is 0 Å². The number of nitrogens with zero attached hydrogens (tertiary/aromatic N) is 1. The highest BCUT2D eigenvalue weighted by atomic mass is 79.9. The van der Waals surface area contributed by atoms with Gasteiger partial charge < -0.3 is 5.32 Å². The molecule has 0 aliphatic heterocycles. The normalized spacial score (nSPS) is 11.2. The van der Waals surface area contributed by atoms with Gasteiger partial charge in [0, 0.05) is 27.5 Å². The molecule has 0 aliphatic rings. The van der Waals surface area contributed by atoms with Crippen LogP contribution in [0.15, 0.2) is 86.2 Å². The van der Waals surface area contributed by atoms with Crippen molar-refractivity contribution in [3.05, 3.63) is 76.9 Å². The van der Waals surface area contributed by atoms with Crippen molar-refractivity contribution >= 4 is 49.1 Å². The Morgan fingerprint density at radius 1 is 1.04 bits per heavy atom. The molecule has 0 radical (unpaired) electrons. The number of pyridine rings is 1. The summed E-state index contributed by atoms with van der Waals surface area (Å²) in [5.74, 6) is -0.310. The first kappa shape index (κ1) is 19.6. The van der Waals surface area contributed by atoms with Crippen LogP contribution in [-0.4, -0.2) is 25.6 Å². The number of amides is 1. The van der Waals surface area contributed by atoms with Crippen LogP contribution >= 0.6 is 27.7 Å². The van der Waals surface area contributed by atoms with Gasteiger partial charge in [0.15, 0.2) is 9.84 Å². The van der Waals surface area contributed by atoms with E-state index in [1.54, 1.807) is 30.5 Å². The number of benzene rings is 2. The largest absolute Gasteiger partial charge is 0.322 e. The Morgan fingerprint density at radius 2 is 1.70 bits per heavy atom. The van der Waals surface area contributed by atoms with Crippen molar-refractivity contribution in [3.63, 3.8) is 0 Å². The maximum atomic E-state index is 12.7. The van der Waals surface area contributed by atoms with Crippen molar-refractivity contribution in [2.75, 3.05) is 11.6 Å². The predicted molar refractivity (Wildman–Crippen MR) is 110 cm³/mol. The average Bonchev–Trinajstić information content (AvgIpc) is 2.64. The molecule has 3 aromatic rings. The van der Waals surface area contributed by atoms with Gasteiger partial charge in [0.2, 0.25) is 0 Å². The summed E-state index contributed by atoms with van der Waals surface area (Å²) in [6, 6.07) is 17.2. The monoisotopic (exact) mass is 462 g/mol. The van der Waals surface area contributed by atoms with E-state index >= 15 is 0 Å². The third kappa shape index (κ3) is 5.18. The number of hydrogen-bond donors (Lipinski definition) is 1. The molecule has 0 saturated carbocycles. The van der Waals surface area contributed by atoms with Crippen molar-refractivity contribution in [1.82, 2.24) is 4.98 Å². The minimum Gasteiger partial charge on any atom is -0.322 e. The first-order valence-electron chi connectivity index (χ1n) is 7.83. The molecule has 0 aliphatic carbocycles. The zero-order valence-corrected chi connectivity index (χ0v) is 17.4. The second kappa shape index (κ2) is 8.24. The zero-order chi connectivity index (χ0) is 19.4. The number of halogens is 1. The highest BCUT2D eigenvalue weighted by molar-refractivity contribution is 9.10. The molecule has 8 heteroatoms. The van der Waals surface area contributed by atoms with Gasteiger partial charge in [-0.3, -0.25) is 4.79 Å². The van der Waals surface area contributed by atoms with Gasteiger partial charge in [-0.25, -0.2) is 13.4 Å². The molecule has 0 spiro atoms. The molecule has 1 aromatic heterocycles. The Kier molecular flexibility index (Phi) is 5.98. The topological polar surface area (TPSA) is 76.1 Å². The minimum atomic E-state index is -3.27. The molecule has 0 saturated heterocycles. The quantitative estimate of drug-likeness (QED) is 0.596. The molecule has 2 aromatic carbocycles.